The Kier molecular flexibility index (Phi) is 4.68. The largest absolute Gasteiger partial charge is 0.392 e. The summed E-state index contributed by atoms with van der Waals surface area (Å²) in [6.07, 6.45) is -0.695. The molecule has 0 aliphatic heterocycles. The average Bonchev–Trinajstić information content (AvgIpc) is 2.27. The fourth-order valence-electron chi connectivity index (χ4n) is 1.35. The summed E-state index contributed by atoms with van der Waals surface area (Å²) >= 11 is 0. The number of hydrogen-bond acceptors (Lipinski definition) is 3. The van der Waals surface area contributed by atoms with Gasteiger partial charge in [-0.15, -0.1) is 0 Å². The van der Waals surface area contributed by atoms with E-state index in [0.29, 0.717) is 5.92 Å². The highest BCUT2D eigenvalue weighted by Gasteiger charge is 2.14. The molecule has 0 radical (unpaired) electrons. The molecule has 0 spiro atoms. The Labute approximate surface area is 103 Å². The van der Waals surface area contributed by atoms with Gasteiger partial charge in [-0.3, -0.25) is 0 Å². The molecule has 0 amide bonds. The lowest BCUT2D eigenvalue weighted by molar-refractivity contribution is 0.198. The molecule has 0 unspecified atom stereocenters. The van der Waals surface area contributed by atoms with Crippen molar-refractivity contribution < 1.29 is 13.5 Å². The molecule has 0 saturated carbocycles. The fraction of sp³-hybridized carbons (Fsp3) is 0.500. The maximum Gasteiger partial charge on any atom is 0.240 e. The Hall–Kier alpha value is -0.910. The third-order valence-electron chi connectivity index (χ3n) is 2.43. The molecule has 1 aromatic carbocycles. The number of nitrogens with one attached hydrogen (secondary N) is 1. The molecule has 4 nitrogen and oxygen atoms in total. The highest BCUT2D eigenvalue weighted by molar-refractivity contribution is 7.89. The smallest absolute Gasteiger partial charge is 0.240 e. The van der Waals surface area contributed by atoms with Crippen LogP contribution in [0.25, 0.3) is 0 Å². The molecule has 5 heteroatoms. The summed E-state index contributed by atoms with van der Waals surface area (Å²) in [5, 5.41) is 9.05. The summed E-state index contributed by atoms with van der Waals surface area (Å²) < 4.78 is 25.9. The first-order valence-electron chi connectivity index (χ1n) is 5.60. The SMILES string of the molecule is CC(C)c1ccc(S(=O)(=O)NC[C@H](C)O)cc1. The van der Waals surface area contributed by atoms with Crippen molar-refractivity contribution in [3.63, 3.8) is 0 Å². The lowest BCUT2D eigenvalue weighted by Crippen LogP contribution is -2.30. The Bertz CT molecular complexity index is 449. The second-order valence-corrected chi connectivity index (χ2v) is 6.19. The Morgan fingerprint density at radius 1 is 1.18 bits per heavy atom. The highest BCUT2D eigenvalue weighted by Crippen LogP contribution is 2.17. The first kappa shape index (κ1) is 14.2. The summed E-state index contributed by atoms with van der Waals surface area (Å²) in [7, 11) is -3.51. The van der Waals surface area contributed by atoms with E-state index >= 15 is 0 Å². The molecule has 1 atom stereocenters. The normalized spacial score (nSPS) is 13.9. The summed E-state index contributed by atoms with van der Waals surface area (Å²) in [6, 6.07) is 6.78. The topological polar surface area (TPSA) is 66.4 Å². The molecule has 0 bridgehead atoms. The molecule has 0 aliphatic rings. The maximum absolute atomic E-state index is 11.8. The van der Waals surface area contributed by atoms with E-state index in [1.54, 1.807) is 12.1 Å². The van der Waals surface area contributed by atoms with Crippen LogP contribution in [0.3, 0.4) is 0 Å². The van der Waals surface area contributed by atoms with Crippen LogP contribution < -0.4 is 4.72 Å². The highest BCUT2D eigenvalue weighted by atomic mass is 32.2. The minimum absolute atomic E-state index is 0.0221. The van der Waals surface area contributed by atoms with Crippen LogP contribution in [-0.2, 0) is 10.0 Å². The van der Waals surface area contributed by atoms with E-state index in [1.165, 1.54) is 6.92 Å². The van der Waals surface area contributed by atoms with E-state index in [1.807, 2.05) is 12.1 Å². The van der Waals surface area contributed by atoms with Crippen LogP contribution in [0.15, 0.2) is 29.2 Å². The molecular formula is C12H19NO3S. The molecule has 0 aromatic heterocycles. The summed E-state index contributed by atoms with van der Waals surface area (Å²) in [6.45, 7) is 5.66. The molecule has 0 heterocycles. The quantitative estimate of drug-likeness (QED) is 0.839. The van der Waals surface area contributed by atoms with Crippen molar-refractivity contribution in [1.29, 1.82) is 0 Å². The van der Waals surface area contributed by atoms with Crippen molar-refractivity contribution in [2.45, 2.75) is 37.7 Å². The Balaban J connectivity index is 2.85. The van der Waals surface area contributed by atoms with Gasteiger partial charge in [0.25, 0.3) is 0 Å². The van der Waals surface area contributed by atoms with Gasteiger partial charge in [0.1, 0.15) is 0 Å². The lowest BCUT2D eigenvalue weighted by atomic mass is 10.0. The van der Waals surface area contributed by atoms with Crippen LogP contribution in [0.4, 0.5) is 0 Å². The molecule has 96 valence electrons. The summed E-state index contributed by atoms with van der Waals surface area (Å²) in [5.74, 6) is 0.372. The van der Waals surface area contributed by atoms with Gasteiger partial charge in [-0.2, -0.15) is 0 Å². The van der Waals surface area contributed by atoms with Crippen molar-refractivity contribution in [3.8, 4) is 0 Å². The van der Waals surface area contributed by atoms with Gasteiger partial charge in [0.15, 0.2) is 0 Å². The number of aliphatic hydroxyl groups is 1. The minimum Gasteiger partial charge on any atom is -0.392 e. The fourth-order valence-corrected chi connectivity index (χ4v) is 2.47. The molecule has 1 aromatic rings. The first-order chi connectivity index (χ1) is 7.83. The van der Waals surface area contributed by atoms with Gasteiger partial charge in [-0.1, -0.05) is 26.0 Å². The Morgan fingerprint density at radius 3 is 2.12 bits per heavy atom. The zero-order valence-electron chi connectivity index (χ0n) is 10.3. The molecule has 0 saturated heterocycles. The number of hydrogen-bond donors (Lipinski definition) is 2. The van der Waals surface area contributed by atoms with Crippen molar-refractivity contribution >= 4 is 10.0 Å². The number of aliphatic hydroxyl groups excluding tert-OH is 1. The third-order valence-corrected chi connectivity index (χ3v) is 3.87. The molecule has 0 aliphatic carbocycles. The van der Waals surface area contributed by atoms with Crippen molar-refractivity contribution in [2.75, 3.05) is 6.54 Å². The van der Waals surface area contributed by atoms with Crippen molar-refractivity contribution in [3.05, 3.63) is 29.8 Å². The van der Waals surface area contributed by atoms with Gasteiger partial charge in [0.2, 0.25) is 10.0 Å². The third kappa shape index (κ3) is 4.11. The van der Waals surface area contributed by atoms with Crippen LogP contribution >= 0.6 is 0 Å². The second kappa shape index (κ2) is 5.62. The molecular weight excluding hydrogens is 238 g/mol. The molecule has 0 fully saturated rings. The van der Waals surface area contributed by atoms with Gasteiger partial charge in [-0.25, -0.2) is 13.1 Å². The van der Waals surface area contributed by atoms with Crippen LogP contribution in [-0.4, -0.2) is 26.2 Å². The molecule has 2 N–H and O–H groups in total. The molecule has 17 heavy (non-hydrogen) atoms. The van der Waals surface area contributed by atoms with Crippen LogP contribution in [0.1, 0.15) is 32.3 Å². The zero-order chi connectivity index (χ0) is 13.1. The standard InChI is InChI=1S/C12H19NO3S/c1-9(2)11-4-6-12(7-5-11)17(15,16)13-8-10(3)14/h4-7,9-10,13-14H,8H2,1-3H3/t10-/m0/s1. The predicted molar refractivity (Wildman–Crippen MR) is 67.4 cm³/mol. The lowest BCUT2D eigenvalue weighted by Gasteiger charge is -2.10. The van der Waals surface area contributed by atoms with Crippen molar-refractivity contribution in [1.82, 2.24) is 4.72 Å². The maximum atomic E-state index is 11.8. The number of benzene rings is 1. The first-order valence-corrected chi connectivity index (χ1v) is 7.09. The van der Waals surface area contributed by atoms with Gasteiger partial charge in [0.05, 0.1) is 11.0 Å². The van der Waals surface area contributed by atoms with Gasteiger partial charge < -0.3 is 5.11 Å². The van der Waals surface area contributed by atoms with E-state index in [-0.39, 0.29) is 11.4 Å². The van der Waals surface area contributed by atoms with Gasteiger partial charge >= 0.3 is 0 Å². The molecule has 1 rings (SSSR count). The van der Waals surface area contributed by atoms with Gasteiger partial charge in [-0.05, 0) is 30.5 Å². The Morgan fingerprint density at radius 2 is 1.71 bits per heavy atom. The van der Waals surface area contributed by atoms with E-state index < -0.39 is 16.1 Å². The average molecular weight is 257 g/mol. The van der Waals surface area contributed by atoms with Crippen LogP contribution in [0, 0.1) is 0 Å². The van der Waals surface area contributed by atoms with E-state index in [4.69, 9.17) is 5.11 Å². The predicted octanol–water partition coefficient (Wildman–Crippen LogP) is 1.47. The van der Waals surface area contributed by atoms with Crippen LogP contribution in [0.2, 0.25) is 0 Å². The van der Waals surface area contributed by atoms with E-state index in [2.05, 4.69) is 18.6 Å². The van der Waals surface area contributed by atoms with Crippen LogP contribution in [0.5, 0.6) is 0 Å². The number of sulfonamides is 1. The van der Waals surface area contributed by atoms with E-state index in [0.717, 1.165) is 5.56 Å². The monoisotopic (exact) mass is 257 g/mol. The van der Waals surface area contributed by atoms with Gasteiger partial charge in [0, 0.05) is 6.54 Å². The number of rotatable bonds is 5. The second-order valence-electron chi connectivity index (χ2n) is 4.42. The zero-order valence-corrected chi connectivity index (χ0v) is 11.2. The summed E-state index contributed by atoms with van der Waals surface area (Å²) in [5.41, 5.74) is 1.10. The summed E-state index contributed by atoms with van der Waals surface area (Å²) in [4.78, 5) is 0.225. The minimum atomic E-state index is -3.51. The van der Waals surface area contributed by atoms with E-state index in [9.17, 15) is 8.42 Å². The van der Waals surface area contributed by atoms with Crippen molar-refractivity contribution in [2.24, 2.45) is 0 Å².